The van der Waals surface area contributed by atoms with Crippen molar-refractivity contribution in [2.45, 2.75) is 52.3 Å². The van der Waals surface area contributed by atoms with Crippen molar-refractivity contribution < 1.29 is 27.9 Å². The van der Waals surface area contributed by atoms with Crippen LogP contribution in [0.3, 0.4) is 0 Å². The number of aryl methyl sites for hydroxylation is 1. The van der Waals surface area contributed by atoms with Crippen molar-refractivity contribution in [3.05, 3.63) is 57.3 Å². The Hall–Kier alpha value is -3.38. The number of anilines is 1. The minimum absolute atomic E-state index is 0.0376. The predicted octanol–water partition coefficient (Wildman–Crippen LogP) is 5.50. The molecule has 218 valence electrons. The third kappa shape index (κ3) is 6.75. The minimum Gasteiger partial charge on any atom is -0.481 e. The van der Waals surface area contributed by atoms with Crippen molar-refractivity contribution in [1.29, 1.82) is 0 Å². The van der Waals surface area contributed by atoms with Crippen molar-refractivity contribution in [2.24, 2.45) is 11.8 Å². The van der Waals surface area contributed by atoms with Gasteiger partial charge < -0.3 is 10.0 Å². The number of hydrogen-bond acceptors (Lipinski definition) is 8. The number of carbonyl (C=O) groups is 2. The van der Waals surface area contributed by atoms with Gasteiger partial charge in [-0.1, -0.05) is 19.1 Å². The Kier molecular flexibility index (Phi) is 8.42. The second-order valence-electron chi connectivity index (χ2n) is 11.0. The van der Waals surface area contributed by atoms with Gasteiger partial charge in [0, 0.05) is 36.6 Å². The first-order chi connectivity index (χ1) is 19.5. The lowest BCUT2D eigenvalue weighted by atomic mass is 9.97. The molecule has 2 aliphatic rings. The van der Waals surface area contributed by atoms with Gasteiger partial charge in [0.2, 0.25) is 0 Å². The van der Waals surface area contributed by atoms with Gasteiger partial charge >= 0.3 is 12.1 Å². The Bertz CT molecular complexity index is 1420. The van der Waals surface area contributed by atoms with Crippen LogP contribution in [0.25, 0.3) is 11.3 Å². The molecule has 0 unspecified atom stereocenters. The fourth-order valence-electron chi connectivity index (χ4n) is 5.47. The molecule has 0 saturated carbocycles. The summed E-state index contributed by atoms with van der Waals surface area (Å²) in [5.41, 5.74) is 0.500. The fraction of sp³-hybridized carbons (Fsp3) is 0.483. The number of alkyl halides is 3. The van der Waals surface area contributed by atoms with Crippen LogP contribution in [0, 0.1) is 18.8 Å². The smallest absolute Gasteiger partial charge is 0.416 e. The van der Waals surface area contributed by atoms with E-state index in [1.807, 2.05) is 4.90 Å². The number of likely N-dealkylation sites (tertiary alicyclic amines) is 1. The van der Waals surface area contributed by atoms with Crippen LogP contribution < -0.4 is 4.90 Å². The highest BCUT2D eigenvalue weighted by molar-refractivity contribution is 7.12. The Labute approximate surface area is 240 Å². The summed E-state index contributed by atoms with van der Waals surface area (Å²) in [6.45, 7) is 7.09. The SMILES string of the molecule is Cc1ccc(-c2nc(CC(=O)c3cnc(N4CCC(C(=O)O)CC4)cn3)sc2CN2CC[C@@H](C)C2)cc1C(F)(F)F. The van der Waals surface area contributed by atoms with E-state index in [0.717, 1.165) is 30.5 Å². The second-order valence-corrected chi connectivity index (χ2v) is 12.2. The lowest BCUT2D eigenvalue weighted by molar-refractivity contribution is -0.142. The van der Waals surface area contributed by atoms with Crippen molar-refractivity contribution >= 4 is 28.9 Å². The number of nitrogens with zero attached hydrogens (tertiary/aromatic N) is 5. The van der Waals surface area contributed by atoms with Crippen molar-refractivity contribution in [3.8, 4) is 11.3 Å². The molecule has 8 nitrogen and oxygen atoms in total. The number of carbonyl (C=O) groups excluding carboxylic acids is 1. The number of piperidine rings is 1. The summed E-state index contributed by atoms with van der Waals surface area (Å²) in [4.78, 5) is 42.8. The van der Waals surface area contributed by atoms with Crippen LogP contribution in [0.4, 0.5) is 19.0 Å². The minimum atomic E-state index is -4.48. The summed E-state index contributed by atoms with van der Waals surface area (Å²) in [5.74, 6) is -0.293. The van der Waals surface area contributed by atoms with Crippen LogP contribution in [0.2, 0.25) is 0 Å². The molecule has 2 fully saturated rings. The van der Waals surface area contributed by atoms with E-state index in [9.17, 15) is 27.9 Å². The molecular formula is C29H32F3N5O3S. The number of rotatable bonds is 8. The number of Topliss-reactive ketones (excluding diaryl/α,β-unsaturated/α-hetero) is 1. The molecule has 1 atom stereocenters. The highest BCUT2D eigenvalue weighted by Crippen LogP contribution is 2.37. The van der Waals surface area contributed by atoms with Crippen LogP contribution in [0.15, 0.2) is 30.6 Å². The van der Waals surface area contributed by atoms with Gasteiger partial charge in [0.15, 0.2) is 5.78 Å². The monoisotopic (exact) mass is 587 g/mol. The van der Waals surface area contributed by atoms with Gasteiger partial charge in [0.25, 0.3) is 0 Å². The molecule has 0 spiro atoms. The lowest BCUT2D eigenvalue weighted by Crippen LogP contribution is -2.36. The predicted molar refractivity (Wildman–Crippen MR) is 149 cm³/mol. The fourth-order valence-corrected chi connectivity index (χ4v) is 6.60. The van der Waals surface area contributed by atoms with Gasteiger partial charge in [0.05, 0.1) is 36.0 Å². The standard InChI is InChI=1S/C29H32F3N5O3S/c1-17-5-8-36(15-17)16-24-27(20-4-3-18(2)21(11-20)29(30,31)32)35-26(41-24)12-23(38)22-13-34-25(14-33-22)37-9-6-19(7-10-37)28(39)40/h3-4,11,13-14,17,19H,5-10,12,15-16H2,1-2H3,(H,39,40)/t17-/m1/s1. The van der Waals surface area contributed by atoms with Gasteiger partial charge in [0.1, 0.15) is 16.5 Å². The number of ketones is 1. The molecule has 5 rings (SSSR count). The number of thiazole rings is 1. The number of carboxylic acids is 1. The van der Waals surface area contributed by atoms with Crippen molar-refractivity contribution in [3.63, 3.8) is 0 Å². The van der Waals surface area contributed by atoms with E-state index in [2.05, 4.69) is 26.8 Å². The number of aromatic nitrogens is 3. The van der Waals surface area contributed by atoms with Gasteiger partial charge in [-0.3, -0.25) is 14.5 Å². The molecule has 0 aliphatic carbocycles. The molecule has 12 heteroatoms. The van der Waals surface area contributed by atoms with Gasteiger partial charge in [-0.2, -0.15) is 13.2 Å². The number of carboxylic acid groups (broad SMARTS) is 1. The Morgan fingerprint density at radius 2 is 1.85 bits per heavy atom. The molecule has 4 heterocycles. The van der Waals surface area contributed by atoms with E-state index < -0.39 is 17.7 Å². The molecule has 1 N–H and O–H groups in total. The average molecular weight is 588 g/mol. The average Bonchev–Trinajstić information content (AvgIpc) is 3.53. The summed E-state index contributed by atoms with van der Waals surface area (Å²) in [7, 11) is 0. The highest BCUT2D eigenvalue weighted by atomic mass is 32.1. The molecule has 2 saturated heterocycles. The Morgan fingerprint density at radius 3 is 2.46 bits per heavy atom. The zero-order valence-corrected chi connectivity index (χ0v) is 23.8. The number of aliphatic carboxylic acids is 1. The van der Waals surface area contributed by atoms with E-state index in [4.69, 9.17) is 0 Å². The molecule has 0 radical (unpaired) electrons. The molecule has 1 aromatic carbocycles. The third-order valence-electron chi connectivity index (χ3n) is 7.84. The van der Waals surface area contributed by atoms with Crippen molar-refractivity contribution in [1.82, 2.24) is 19.9 Å². The summed E-state index contributed by atoms with van der Waals surface area (Å²) >= 11 is 1.35. The van der Waals surface area contributed by atoms with Crippen LogP contribution in [0.5, 0.6) is 0 Å². The summed E-state index contributed by atoms with van der Waals surface area (Å²) in [5, 5.41) is 9.71. The maximum atomic E-state index is 13.7. The summed E-state index contributed by atoms with van der Waals surface area (Å²) in [6.07, 6.45) is 0.529. The van der Waals surface area contributed by atoms with Gasteiger partial charge in [-0.15, -0.1) is 11.3 Å². The van der Waals surface area contributed by atoms with E-state index >= 15 is 0 Å². The first kappa shape index (κ1) is 29.1. The van der Waals surface area contributed by atoms with E-state index in [1.165, 1.54) is 36.7 Å². The molecule has 41 heavy (non-hydrogen) atoms. The van der Waals surface area contributed by atoms with Crippen LogP contribution >= 0.6 is 11.3 Å². The van der Waals surface area contributed by atoms with Gasteiger partial charge in [-0.05, 0) is 50.3 Å². The van der Waals surface area contributed by atoms with Crippen LogP contribution in [-0.4, -0.2) is 62.9 Å². The zero-order chi connectivity index (χ0) is 29.3. The quantitative estimate of drug-likeness (QED) is 0.345. The summed E-state index contributed by atoms with van der Waals surface area (Å²) in [6, 6.07) is 4.27. The van der Waals surface area contributed by atoms with E-state index in [-0.39, 0.29) is 29.4 Å². The number of benzene rings is 1. The summed E-state index contributed by atoms with van der Waals surface area (Å²) < 4.78 is 41.0. The maximum Gasteiger partial charge on any atom is 0.416 e. The molecular weight excluding hydrogens is 555 g/mol. The third-order valence-corrected chi connectivity index (χ3v) is 8.88. The molecule has 0 amide bonds. The molecule has 3 aromatic rings. The maximum absolute atomic E-state index is 13.7. The van der Waals surface area contributed by atoms with Crippen molar-refractivity contribution in [2.75, 3.05) is 31.1 Å². The first-order valence-corrected chi connectivity index (χ1v) is 14.5. The topological polar surface area (TPSA) is 99.5 Å². The van der Waals surface area contributed by atoms with E-state index in [1.54, 1.807) is 6.07 Å². The second kappa shape index (κ2) is 11.8. The Balaban J connectivity index is 1.35. The van der Waals surface area contributed by atoms with Gasteiger partial charge in [-0.25, -0.2) is 15.0 Å². The van der Waals surface area contributed by atoms with Crippen LogP contribution in [0.1, 0.15) is 57.7 Å². The highest BCUT2D eigenvalue weighted by Gasteiger charge is 2.33. The number of halogens is 3. The van der Waals surface area contributed by atoms with E-state index in [0.29, 0.717) is 60.5 Å². The Morgan fingerprint density at radius 1 is 1.10 bits per heavy atom. The normalized spacial score (nSPS) is 18.7. The lowest BCUT2D eigenvalue weighted by Gasteiger charge is -2.30. The first-order valence-electron chi connectivity index (χ1n) is 13.7. The largest absolute Gasteiger partial charge is 0.481 e. The molecule has 0 bridgehead atoms. The number of hydrogen-bond donors (Lipinski definition) is 1. The van der Waals surface area contributed by atoms with Crippen LogP contribution in [-0.2, 0) is 23.9 Å². The zero-order valence-electron chi connectivity index (χ0n) is 22.9. The molecule has 2 aromatic heterocycles. The molecule has 2 aliphatic heterocycles.